The van der Waals surface area contributed by atoms with E-state index < -0.39 is 0 Å². The Morgan fingerprint density at radius 3 is 2.48 bits per heavy atom. The van der Waals surface area contributed by atoms with Crippen molar-refractivity contribution < 1.29 is 13.6 Å². The topological polar surface area (TPSA) is 42.2 Å². The van der Waals surface area contributed by atoms with E-state index in [1.165, 1.54) is 6.07 Å². The van der Waals surface area contributed by atoms with Crippen molar-refractivity contribution in [3.63, 3.8) is 0 Å². The molecular formula is C17H20FNO2. The van der Waals surface area contributed by atoms with Gasteiger partial charge in [0, 0.05) is 11.6 Å². The van der Waals surface area contributed by atoms with Crippen LogP contribution in [0, 0.1) is 26.6 Å². The number of hydrogen-bond acceptors (Lipinski definition) is 2. The minimum absolute atomic E-state index is 0.164. The summed E-state index contributed by atoms with van der Waals surface area (Å²) in [5.74, 6) is 0.941. The molecule has 112 valence electrons. The van der Waals surface area contributed by atoms with Gasteiger partial charge in [-0.2, -0.15) is 0 Å². The number of amides is 1. The van der Waals surface area contributed by atoms with Crippen LogP contribution in [0.25, 0.3) is 0 Å². The van der Waals surface area contributed by atoms with Gasteiger partial charge in [0.2, 0.25) is 0 Å². The van der Waals surface area contributed by atoms with Crippen LogP contribution in [0.4, 0.5) is 4.39 Å². The highest BCUT2D eigenvalue weighted by atomic mass is 19.1. The largest absolute Gasteiger partial charge is 0.466 e. The van der Waals surface area contributed by atoms with Crippen LogP contribution < -0.4 is 5.32 Å². The van der Waals surface area contributed by atoms with Crippen molar-refractivity contribution in [1.29, 1.82) is 0 Å². The number of nitrogens with one attached hydrogen (secondary N) is 1. The van der Waals surface area contributed by atoms with Gasteiger partial charge in [-0.25, -0.2) is 4.39 Å². The summed E-state index contributed by atoms with van der Waals surface area (Å²) in [5.41, 5.74) is 2.03. The highest BCUT2D eigenvalue weighted by Gasteiger charge is 2.20. The van der Waals surface area contributed by atoms with E-state index in [1.54, 1.807) is 25.1 Å². The normalized spacial score (nSPS) is 12.2. The van der Waals surface area contributed by atoms with Gasteiger partial charge in [0.05, 0.1) is 5.56 Å². The molecule has 0 aliphatic carbocycles. The van der Waals surface area contributed by atoms with Crippen molar-refractivity contribution in [2.45, 2.75) is 40.2 Å². The van der Waals surface area contributed by atoms with Gasteiger partial charge in [-0.15, -0.1) is 0 Å². The first-order chi connectivity index (χ1) is 9.90. The van der Waals surface area contributed by atoms with Crippen LogP contribution in [-0.4, -0.2) is 11.9 Å². The lowest BCUT2D eigenvalue weighted by Gasteiger charge is -2.14. The molecular weight excluding hydrogens is 269 g/mol. The van der Waals surface area contributed by atoms with E-state index in [-0.39, 0.29) is 17.8 Å². The Bertz CT molecular complexity index is 661. The molecule has 21 heavy (non-hydrogen) atoms. The highest BCUT2D eigenvalue weighted by Crippen LogP contribution is 2.20. The number of furan rings is 1. The fourth-order valence-corrected chi connectivity index (χ4v) is 2.47. The van der Waals surface area contributed by atoms with Crippen molar-refractivity contribution >= 4 is 5.91 Å². The zero-order valence-electron chi connectivity index (χ0n) is 12.8. The van der Waals surface area contributed by atoms with E-state index in [0.29, 0.717) is 23.3 Å². The van der Waals surface area contributed by atoms with Crippen LogP contribution in [0.1, 0.15) is 39.9 Å². The average molecular weight is 289 g/mol. The number of benzene rings is 1. The second-order valence-electron chi connectivity index (χ2n) is 5.38. The minimum atomic E-state index is -0.245. The van der Waals surface area contributed by atoms with E-state index in [2.05, 4.69) is 5.32 Å². The van der Waals surface area contributed by atoms with Gasteiger partial charge in [-0.1, -0.05) is 18.2 Å². The van der Waals surface area contributed by atoms with Crippen LogP contribution in [0.3, 0.4) is 0 Å². The minimum Gasteiger partial charge on any atom is -0.466 e. The Kier molecular flexibility index (Phi) is 4.46. The Morgan fingerprint density at radius 1 is 1.24 bits per heavy atom. The number of hydrogen-bond donors (Lipinski definition) is 1. The van der Waals surface area contributed by atoms with E-state index in [9.17, 15) is 9.18 Å². The van der Waals surface area contributed by atoms with Crippen LogP contribution in [0.15, 0.2) is 28.7 Å². The van der Waals surface area contributed by atoms with E-state index in [4.69, 9.17) is 4.42 Å². The molecule has 1 heterocycles. The summed E-state index contributed by atoms with van der Waals surface area (Å²) >= 11 is 0. The number of carbonyl (C=O) groups excluding carboxylic acids is 1. The zero-order chi connectivity index (χ0) is 15.6. The molecule has 0 bridgehead atoms. The third-order valence-corrected chi connectivity index (χ3v) is 3.65. The maximum Gasteiger partial charge on any atom is 0.255 e. The standard InChI is InChI=1S/C17H20FNO2/c1-10(9-14-7-5-6-8-15(14)18)19-17(20)16-11(2)12(3)21-13(16)4/h5-8,10H,9H2,1-4H3,(H,19,20). The average Bonchev–Trinajstić information content (AvgIpc) is 2.66. The summed E-state index contributed by atoms with van der Waals surface area (Å²) in [4.78, 5) is 12.3. The Morgan fingerprint density at radius 2 is 1.90 bits per heavy atom. The first-order valence-electron chi connectivity index (χ1n) is 7.01. The smallest absolute Gasteiger partial charge is 0.255 e. The second kappa shape index (κ2) is 6.12. The van der Waals surface area contributed by atoms with Gasteiger partial charge in [-0.05, 0) is 45.7 Å². The van der Waals surface area contributed by atoms with Crippen molar-refractivity contribution in [3.8, 4) is 0 Å². The van der Waals surface area contributed by atoms with Crippen molar-refractivity contribution in [2.75, 3.05) is 0 Å². The van der Waals surface area contributed by atoms with Crippen LogP contribution in [0.2, 0.25) is 0 Å². The maximum atomic E-state index is 13.6. The van der Waals surface area contributed by atoms with Crippen molar-refractivity contribution in [2.24, 2.45) is 0 Å². The molecule has 4 heteroatoms. The van der Waals surface area contributed by atoms with Gasteiger partial charge in [-0.3, -0.25) is 4.79 Å². The predicted octanol–water partition coefficient (Wildman–Crippen LogP) is 3.70. The third kappa shape index (κ3) is 3.32. The molecule has 1 unspecified atom stereocenters. The molecule has 0 spiro atoms. The van der Waals surface area contributed by atoms with E-state index in [0.717, 1.165) is 11.3 Å². The summed E-state index contributed by atoms with van der Waals surface area (Å²) in [6.45, 7) is 7.34. The number of rotatable bonds is 4. The molecule has 1 atom stereocenters. The van der Waals surface area contributed by atoms with Crippen molar-refractivity contribution in [1.82, 2.24) is 5.32 Å². The summed E-state index contributed by atoms with van der Waals surface area (Å²) in [6.07, 6.45) is 0.452. The second-order valence-corrected chi connectivity index (χ2v) is 5.38. The molecule has 1 aromatic carbocycles. The molecule has 2 rings (SSSR count). The molecule has 0 aliphatic rings. The fraction of sp³-hybridized carbons (Fsp3) is 0.353. The van der Waals surface area contributed by atoms with Gasteiger partial charge in [0.25, 0.3) is 5.91 Å². The molecule has 3 nitrogen and oxygen atoms in total. The highest BCUT2D eigenvalue weighted by molar-refractivity contribution is 5.97. The van der Waals surface area contributed by atoms with Crippen LogP contribution in [-0.2, 0) is 6.42 Å². The molecule has 0 fully saturated rings. The summed E-state index contributed by atoms with van der Waals surface area (Å²) in [7, 11) is 0. The van der Waals surface area contributed by atoms with Gasteiger partial charge in [0.15, 0.2) is 0 Å². The molecule has 0 aliphatic heterocycles. The lowest BCUT2D eigenvalue weighted by atomic mass is 10.1. The first-order valence-corrected chi connectivity index (χ1v) is 7.01. The Balaban J connectivity index is 2.07. The lowest BCUT2D eigenvalue weighted by Crippen LogP contribution is -2.34. The SMILES string of the molecule is Cc1oc(C)c(C(=O)NC(C)Cc2ccccc2F)c1C. The quantitative estimate of drug-likeness (QED) is 0.932. The summed E-state index contributed by atoms with van der Waals surface area (Å²) < 4.78 is 19.1. The lowest BCUT2D eigenvalue weighted by molar-refractivity contribution is 0.0938. The monoisotopic (exact) mass is 289 g/mol. The molecule has 2 aromatic rings. The Labute approximate surface area is 124 Å². The molecule has 0 saturated carbocycles. The van der Waals surface area contributed by atoms with Crippen LogP contribution in [0.5, 0.6) is 0 Å². The molecule has 0 radical (unpaired) electrons. The maximum absolute atomic E-state index is 13.6. The van der Waals surface area contributed by atoms with Crippen molar-refractivity contribution in [3.05, 3.63) is 58.3 Å². The summed E-state index contributed by atoms with van der Waals surface area (Å²) in [6, 6.07) is 6.45. The number of carbonyl (C=O) groups is 1. The molecule has 0 saturated heterocycles. The molecule has 1 amide bonds. The Hall–Kier alpha value is -2.10. The fourth-order valence-electron chi connectivity index (χ4n) is 2.47. The number of halogens is 1. The van der Waals surface area contributed by atoms with Gasteiger partial charge >= 0.3 is 0 Å². The third-order valence-electron chi connectivity index (χ3n) is 3.65. The number of aryl methyl sites for hydroxylation is 2. The first kappa shape index (κ1) is 15.3. The van der Waals surface area contributed by atoms with Gasteiger partial charge in [0.1, 0.15) is 17.3 Å². The van der Waals surface area contributed by atoms with Gasteiger partial charge < -0.3 is 9.73 Å². The predicted molar refractivity (Wildman–Crippen MR) is 80.0 cm³/mol. The summed E-state index contributed by atoms with van der Waals surface area (Å²) in [5, 5.41) is 2.90. The molecule has 1 aromatic heterocycles. The van der Waals surface area contributed by atoms with E-state index >= 15 is 0 Å². The molecule has 1 N–H and O–H groups in total. The van der Waals surface area contributed by atoms with Crippen LogP contribution >= 0.6 is 0 Å². The van der Waals surface area contributed by atoms with E-state index in [1.807, 2.05) is 20.8 Å². The zero-order valence-corrected chi connectivity index (χ0v) is 12.8.